The Morgan fingerprint density at radius 3 is 2.83 bits per heavy atom. The summed E-state index contributed by atoms with van der Waals surface area (Å²) in [5.41, 5.74) is 0. The zero-order valence-corrected chi connectivity index (χ0v) is 7.12. The molecule has 0 spiro atoms. The third kappa shape index (κ3) is 1.96. The number of hydrogen-bond acceptors (Lipinski definition) is 2. The van der Waals surface area contributed by atoms with Gasteiger partial charge in [0.15, 0.2) is 0 Å². The molecule has 1 saturated heterocycles. The normalized spacial score (nSPS) is 23.2. The second kappa shape index (κ2) is 3.56. The van der Waals surface area contributed by atoms with Crippen molar-refractivity contribution in [1.29, 1.82) is 0 Å². The average Bonchev–Trinajstić information content (AvgIpc) is 2.28. The van der Waals surface area contributed by atoms with Crippen molar-refractivity contribution in [2.24, 2.45) is 0 Å². The third-order valence-electron chi connectivity index (χ3n) is 2.19. The van der Waals surface area contributed by atoms with E-state index in [0.717, 1.165) is 6.42 Å². The summed E-state index contributed by atoms with van der Waals surface area (Å²) in [7, 11) is 0. The SMILES string of the molecule is CC1CCC(=O)N1CCC(=O)O. The van der Waals surface area contributed by atoms with E-state index >= 15 is 0 Å². The predicted octanol–water partition coefficient (Wildman–Crippen LogP) is 0.472. The number of carbonyl (C=O) groups excluding carboxylic acids is 1. The smallest absolute Gasteiger partial charge is 0.305 e. The molecule has 1 heterocycles. The van der Waals surface area contributed by atoms with Crippen LogP contribution in [0.5, 0.6) is 0 Å². The van der Waals surface area contributed by atoms with Gasteiger partial charge in [0.25, 0.3) is 0 Å². The first-order valence-electron chi connectivity index (χ1n) is 4.12. The topological polar surface area (TPSA) is 57.6 Å². The quantitative estimate of drug-likeness (QED) is 0.671. The molecule has 1 fully saturated rings. The molecule has 1 rings (SSSR count). The molecular formula is C8H13NO3. The van der Waals surface area contributed by atoms with Crippen LogP contribution in [0, 0.1) is 0 Å². The maximum absolute atomic E-state index is 11.1. The standard InChI is InChI=1S/C8H13NO3/c1-6-2-3-7(10)9(6)5-4-8(11)12/h6H,2-5H2,1H3,(H,11,12). The van der Waals surface area contributed by atoms with E-state index in [9.17, 15) is 9.59 Å². The van der Waals surface area contributed by atoms with Crippen molar-refractivity contribution in [3.63, 3.8) is 0 Å². The highest BCUT2D eigenvalue weighted by Gasteiger charge is 2.27. The molecule has 1 aliphatic heterocycles. The largest absolute Gasteiger partial charge is 0.481 e. The number of likely N-dealkylation sites (tertiary alicyclic amines) is 1. The Labute approximate surface area is 71.2 Å². The van der Waals surface area contributed by atoms with Gasteiger partial charge in [-0.1, -0.05) is 0 Å². The lowest BCUT2D eigenvalue weighted by Crippen LogP contribution is -2.32. The Morgan fingerprint density at radius 1 is 1.75 bits per heavy atom. The zero-order chi connectivity index (χ0) is 9.14. The molecule has 1 amide bonds. The Hall–Kier alpha value is -1.06. The minimum atomic E-state index is -0.845. The van der Waals surface area contributed by atoms with E-state index in [-0.39, 0.29) is 18.4 Å². The summed E-state index contributed by atoms with van der Waals surface area (Å²) >= 11 is 0. The van der Waals surface area contributed by atoms with Crippen LogP contribution in [0.1, 0.15) is 26.2 Å². The van der Waals surface area contributed by atoms with Crippen molar-refractivity contribution in [1.82, 2.24) is 4.90 Å². The molecule has 0 bridgehead atoms. The van der Waals surface area contributed by atoms with Crippen LogP contribution in [0.4, 0.5) is 0 Å². The molecular weight excluding hydrogens is 158 g/mol. The predicted molar refractivity (Wildman–Crippen MR) is 42.7 cm³/mol. The van der Waals surface area contributed by atoms with Gasteiger partial charge in [0, 0.05) is 19.0 Å². The third-order valence-corrected chi connectivity index (χ3v) is 2.19. The molecule has 1 aliphatic rings. The number of rotatable bonds is 3. The Bertz CT molecular complexity index is 202. The Morgan fingerprint density at radius 2 is 2.42 bits per heavy atom. The highest BCUT2D eigenvalue weighted by Crippen LogP contribution is 2.17. The molecule has 1 unspecified atom stereocenters. The van der Waals surface area contributed by atoms with Gasteiger partial charge >= 0.3 is 5.97 Å². The number of amides is 1. The van der Waals surface area contributed by atoms with Gasteiger partial charge in [-0.2, -0.15) is 0 Å². The lowest BCUT2D eigenvalue weighted by Gasteiger charge is -2.20. The minimum absolute atomic E-state index is 0.0517. The van der Waals surface area contributed by atoms with Crippen LogP contribution >= 0.6 is 0 Å². The summed E-state index contributed by atoms with van der Waals surface area (Å²) in [5.74, 6) is -0.759. The van der Waals surface area contributed by atoms with Gasteiger partial charge < -0.3 is 10.0 Å². The summed E-state index contributed by atoms with van der Waals surface area (Å²) in [5, 5.41) is 8.41. The van der Waals surface area contributed by atoms with Crippen molar-refractivity contribution < 1.29 is 14.7 Å². The van der Waals surface area contributed by atoms with Crippen LogP contribution < -0.4 is 0 Å². The molecule has 0 saturated carbocycles. The lowest BCUT2D eigenvalue weighted by molar-refractivity contribution is -0.138. The Balaban J connectivity index is 2.39. The van der Waals surface area contributed by atoms with Crippen molar-refractivity contribution in [3.05, 3.63) is 0 Å². The first-order valence-corrected chi connectivity index (χ1v) is 4.12. The van der Waals surface area contributed by atoms with E-state index in [1.165, 1.54) is 0 Å². The molecule has 1 N–H and O–H groups in total. The van der Waals surface area contributed by atoms with Crippen LogP contribution in [0.3, 0.4) is 0 Å². The van der Waals surface area contributed by atoms with E-state index in [2.05, 4.69) is 0 Å². The van der Waals surface area contributed by atoms with Gasteiger partial charge in [0.2, 0.25) is 5.91 Å². The van der Waals surface area contributed by atoms with E-state index in [1.54, 1.807) is 4.90 Å². The van der Waals surface area contributed by atoms with Crippen LogP contribution in [0.2, 0.25) is 0 Å². The molecule has 4 nitrogen and oxygen atoms in total. The second-order valence-corrected chi connectivity index (χ2v) is 3.12. The first kappa shape index (κ1) is 9.03. The van der Waals surface area contributed by atoms with Crippen molar-refractivity contribution >= 4 is 11.9 Å². The molecule has 1 atom stereocenters. The number of carboxylic acid groups (broad SMARTS) is 1. The van der Waals surface area contributed by atoms with E-state index < -0.39 is 5.97 Å². The fourth-order valence-corrected chi connectivity index (χ4v) is 1.44. The summed E-state index contributed by atoms with van der Waals surface area (Å²) in [6.45, 7) is 2.31. The Kier molecular flexibility index (Phi) is 2.68. The molecule has 0 aromatic carbocycles. The van der Waals surface area contributed by atoms with Crippen LogP contribution in [0.25, 0.3) is 0 Å². The van der Waals surface area contributed by atoms with Gasteiger partial charge in [-0.3, -0.25) is 9.59 Å². The van der Waals surface area contributed by atoms with Gasteiger partial charge in [-0.25, -0.2) is 0 Å². The highest BCUT2D eigenvalue weighted by atomic mass is 16.4. The van der Waals surface area contributed by atoms with Gasteiger partial charge in [-0.05, 0) is 13.3 Å². The number of aliphatic carboxylic acids is 1. The summed E-state index contributed by atoms with van der Waals surface area (Å²) in [4.78, 5) is 23.0. The van der Waals surface area contributed by atoms with Crippen LogP contribution in [-0.4, -0.2) is 34.5 Å². The number of carboxylic acids is 1. The monoisotopic (exact) mass is 171 g/mol. The maximum atomic E-state index is 11.1. The second-order valence-electron chi connectivity index (χ2n) is 3.12. The summed E-state index contributed by atoms with van der Waals surface area (Å²) in [6.07, 6.45) is 1.48. The molecule has 68 valence electrons. The van der Waals surface area contributed by atoms with Crippen molar-refractivity contribution in [2.45, 2.75) is 32.2 Å². The van der Waals surface area contributed by atoms with Crippen LogP contribution in [0.15, 0.2) is 0 Å². The van der Waals surface area contributed by atoms with Crippen LogP contribution in [-0.2, 0) is 9.59 Å². The molecule has 12 heavy (non-hydrogen) atoms. The van der Waals surface area contributed by atoms with Gasteiger partial charge in [0.05, 0.1) is 6.42 Å². The zero-order valence-electron chi connectivity index (χ0n) is 7.12. The lowest BCUT2D eigenvalue weighted by atomic mass is 10.2. The molecule has 0 aromatic rings. The van der Waals surface area contributed by atoms with E-state index in [0.29, 0.717) is 13.0 Å². The van der Waals surface area contributed by atoms with Gasteiger partial charge in [0.1, 0.15) is 0 Å². The van der Waals surface area contributed by atoms with Gasteiger partial charge in [-0.15, -0.1) is 0 Å². The van der Waals surface area contributed by atoms with Crippen molar-refractivity contribution in [2.75, 3.05) is 6.54 Å². The van der Waals surface area contributed by atoms with E-state index in [1.807, 2.05) is 6.92 Å². The van der Waals surface area contributed by atoms with E-state index in [4.69, 9.17) is 5.11 Å². The number of nitrogens with zero attached hydrogens (tertiary/aromatic N) is 1. The highest BCUT2D eigenvalue weighted by molar-refractivity contribution is 5.79. The first-order chi connectivity index (χ1) is 5.61. The molecule has 0 aliphatic carbocycles. The summed E-state index contributed by atoms with van der Waals surface area (Å²) < 4.78 is 0. The molecule has 4 heteroatoms. The fraction of sp³-hybridized carbons (Fsp3) is 0.750. The maximum Gasteiger partial charge on any atom is 0.305 e. The van der Waals surface area contributed by atoms with Crippen molar-refractivity contribution in [3.8, 4) is 0 Å². The average molecular weight is 171 g/mol. The number of hydrogen-bond donors (Lipinski definition) is 1. The minimum Gasteiger partial charge on any atom is -0.481 e. The summed E-state index contributed by atoms with van der Waals surface area (Å²) in [6, 6.07) is 0.219. The number of carbonyl (C=O) groups is 2. The fourth-order valence-electron chi connectivity index (χ4n) is 1.44. The molecule has 0 radical (unpaired) electrons. The molecule has 0 aromatic heterocycles.